The molecule has 0 aliphatic carbocycles. The lowest BCUT2D eigenvalue weighted by Crippen LogP contribution is -2.26. The Labute approximate surface area is 133 Å². The highest BCUT2D eigenvalue weighted by molar-refractivity contribution is 7.15. The molecule has 3 aromatic rings. The van der Waals surface area contributed by atoms with Gasteiger partial charge >= 0.3 is 6.18 Å². The number of benzene rings is 1. The van der Waals surface area contributed by atoms with Gasteiger partial charge in [-0.25, -0.2) is 4.98 Å². The zero-order valence-corrected chi connectivity index (χ0v) is 12.8. The zero-order chi connectivity index (χ0) is 16.6. The first-order chi connectivity index (χ1) is 10.9. The topological polar surface area (TPSA) is 46.4 Å². The highest BCUT2D eigenvalue weighted by Gasteiger charge is 2.33. The van der Waals surface area contributed by atoms with E-state index in [1.165, 1.54) is 29.5 Å². The highest BCUT2D eigenvalue weighted by atomic mass is 32.1. The lowest BCUT2D eigenvalue weighted by molar-refractivity contribution is -0.138. The quantitative estimate of drug-likeness (QED) is 0.792. The number of hydrogen-bond donors (Lipinski definition) is 1. The van der Waals surface area contributed by atoms with Crippen molar-refractivity contribution in [1.82, 2.24) is 14.7 Å². The van der Waals surface area contributed by atoms with Crippen molar-refractivity contribution in [2.75, 3.05) is 0 Å². The number of aromatic nitrogens is 2. The van der Waals surface area contributed by atoms with Gasteiger partial charge in [0.05, 0.1) is 11.3 Å². The summed E-state index contributed by atoms with van der Waals surface area (Å²) in [5.74, 6) is -0.453. The van der Waals surface area contributed by atoms with Gasteiger partial charge in [-0.15, -0.1) is 11.3 Å². The van der Waals surface area contributed by atoms with Gasteiger partial charge in [-0.3, -0.25) is 9.20 Å². The summed E-state index contributed by atoms with van der Waals surface area (Å²) in [4.78, 5) is 17.2. The molecule has 0 aliphatic heterocycles. The summed E-state index contributed by atoms with van der Waals surface area (Å²) in [5, 5.41) is 4.33. The number of alkyl halides is 3. The number of fused-ring (bicyclic) bond motifs is 1. The maximum atomic E-state index is 13.0. The molecular weight excluding hydrogens is 327 g/mol. The Morgan fingerprint density at radius 2 is 2.09 bits per heavy atom. The van der Waals surface area contributed by atoms with Gasteiger partial charge in [0.1, 0.15) is 5.69 Å². The SMILES string of the molecule is Cc1nc2sccn2c1C(=O)NCc1ccccc1C(F)(F)F. The fourth-order valence-corrected chi connectivity index (χ4v) is 3.14. The lowest BCUT2D eigenvalue weighted by Gasteiger charge is -2.13. The van der Waals surface area contributed by atoms with E-state index in [4.69, 9.17) is 0 Å². The van der Waals surface area contributed by atoms with E-state index in [1.54, 1.807) is 22.9 Å². The second-order valence-electron chi connectivity index (χ2n) is 4.94. The molecule has 0 atom stereocenters. The van der Waals surface area contributed by atoms with Crippen LogP contribution in [0.3, 0.4) is 0 Å². The number of carbonyl (C=O) groups is 1. The first-order valence-corrected chi connectivity index (χ1v) is 7.61. The van der Waals surface area contributed by atoms with Crippen molar-refractivity contribution in [3.8, 4) is 0 Å². The Kier molecular flexibility index (Phi) is 3.85. The number of halogens is 3. The van der Waals surface area contributed by atoms with E-state index in [0.29, 0.717) is 16.3 Å². The molecule has 0 fully saturated rings. The van der Waals surface area contributed by atoms with Gasteiger partial charge in [-0.05, 0) is 18.6 Å². The van der Waals surface area contributed by atoms with Crippen LogP contribution in [0.5, 0.6) is 0 Å². The monoisotopic (exact) mass is 339 g/mol. The van der Waals surface area contributed by atoms with Gasteiger partial charge in [0, 0.05) is 18.1 Å². The van der Waals surface area contributed by atoms with Gasteiger partial charge in [0.2, 0.25) is 0 Å². The molecule has 1 amide bonds. The highest BCUT2D eigenvalue weighted by Crippen LogP contribution is 2.31. The Hall–Kier alpha value is -2.35. The average Bonchev–Trinajstić information content (AvgIpc) is 3.04. The van der Waals surface area contributed by atoms with Crippen molar-refractivity contribution in [1.29, 1.82) is 0 Å². The van der Waals surface area contributed by atoms with Crippen LogP contribution in [0.25, 0.3) is 4.96 Å². The molecule has 120 valence electrons. The minimum atomic E-state index is -4.45. The predicted octanol–water partition coefficient (Wildman–Crippen LogP) is 3.65. The molecule has 1 aromatic carbocycles. The van der Waals surface area contributed by atoms with Gasteiger partial charge in [0.15, 0.2) is 4.96 Å². The molecule has 0 spiro atoms. The minimum absolute atomic E-state index is 0.0251. The number of thiazole rings is 1. The number of aryl methyl sites for hydroxylation is 1. The first kappa shape index (κ1) is 15.5. The van der Waals surface area contributed by atoms with Crippen LogP contribution in [-0.2, 0) is 12.7 Å². The zero-order valence-electron chi connectivity index (χ0n) is 12.0. The van der Waals surface area contributed by atoms with Crippen molar-refractivity contribution in [2.45, 2.75) is 19.6 Å². The van der Waals surface area contributed by atoms with E-state index < -0.39 is 17.6 Å². The van der Waals surface area contributed by atoms with E-state index in [1.807, 2.05) is 0 Å². The van der Waals surface area contributed by atoms with Crippen LogP contribution in [0, 0.1) is 6.92 Å². The van der Waals surface area contributed by atoms with Crippen LogP contribution in [-0.4, -0.2) is 15.3 Å². The van der Waals surface area contributed by atoms with Gasteiger partial charge in [0.25, 0.3) is 5.91 Å². The Morgan fingerprint density at radius 3 is 2.83 bits per heavy atom. The average molecular weight is 339 g/mol. The second kappa shape index (κ2) is 5.69. The van der Waals surface area contributed by atoms with E-state index in [9.17, 15) is 18.0 Å². The number of nitrogens with zero attached hydrogens (tertiary/aromatic N) is 2. The van der Waals surface area contributed by atoms with Crippen LogP contribution in [0.4, 0.5) is 13.2 Å². The van der Waals surface area contributed by atoms with Crippen molar-refractivity contribution in [3.05, 3.63) is 58.4 Å². The fraction of sp³-hybridized carbons (Fsp3) is 0.200. The second-order valence-corrected chi connectivity index (χ2v) is 5.81. The lowest BCUT2D eigenvalue weighted by atomic mass is 10.1. The Bertz CT molecular complexity index is 866. The number of rotatable bonds is 3. The van der Waals surface area contributed by atoms with E-state index in [0.717, 1.165) is 6.07 Å². The summed E-state index contributed by atoms with van der Waals surface area (Å²) in [6, 6.07) is 5.19. The number of hydrogen-bond acceptors (Lipinski definition) is 3. The van der Waals surface area contributed by atoms with Crippen LogP contribution < -0.4 is 5.32 Å². The molecular formula is C15H12F3N3OS. The third-order valence-corrected chi connectivity index (χ3v) is 4.17. The van der Waals surface area contributed by atoms with Crippen LogP contribution >= 0.6 is 11.3 Å². The smallest absolute Gasteiger partial charge is 0.347 e. The third-order valence-electron chi connectivity index (χ3n) is 3.41. The van der Waals surface area contributed by atoms with Crippen LogP contribution in [0.2, 0.25) is 0 Å². The molecule has 23 heavy (non-hydrogen) atoms. The third kappa shape index (κ3) is 2.94. The molecule has 2 heterocycles. The Morgan fingerprint density at radius 1 is 1.35 bits per heavy atom. The van der Waals surface area contributed by atoms with Gasteiger partial charge < -0.3 is 5.32 Å². The molecule has 0 saturated heterocycles. The van der Waals surface area contributed by atoms with Crippen LogP contribution in [0.1, 0.15) is 27.3 Å². The predicted molar refractivity (Wildman–Crippen MR) is 80.4 cm³/mol. The van der Waals surface area contributed by atoms with E-state index >= 15 is 0 Å². The Balaban J connectivity index is 1.83. The summed E-state index contributed by atoms with van der Waals surface area (Å²) in [5.41, 5.74) is 0.160. The van der Waals surface area contributed by atoms with Crippen molar-refractivity contribution in [2.24, 2.45) is 0 Å². The molecule has 0 saturated carbocycles. The number of carbonyl (C=O) groups excluding carboxylic acids is 1. The van der Waals surface area contributed by atoms with E-state index in [-0.39, 0.29) is 12.1 Å². The summed E-state index contributed by atoms with van der Waals surface area (Å²) >= 11 is 1.38. The molecule has 0 radical (unpaired) electrons. The number of nitrogens with one attached hydrogen (secondary N) is 1. The first-order valence-electron chi connectivity index (χ1n) is 6.73. The molecule has 0 bridgehead atoms. The molecule has 2 aromatic heterocycles. The molecule has 1 N–H and O–H groups in total. The number of amides is 1. The van der Waals surface area contributed by atoms with Gasteiger partial charge in [-0.1, -0.05) is 18.2 Å². The minimum Gasteiger partial charge on any atom is -0.347 e. The normalized spacial score (nSPS) is 11.8. The van der Waals surface area contributed by atoms with Gasteiger partial charge in [-0.2, -0.15) is 13.2 Å². The molecule has 4 nitrogen and oxygen atoms in total. The van der Waals surface area contributed by atoms with E-state index in [2.05, 4.69) is 10.3 Å². The molecule has 8 heteroatoms. The standard InChI is InChI=1S/C15H12F3N3OS/c1-9-12(21-6-7-23-14(21)20-9)13(22)19-8-10-4-2-3-5-11(10)15(16,17)18/h2-7H,8H2,1H3,(H,19,22). The fourth-order valence-electron chi connectivity index (χ4n) is 2.38. The van der Waals surface area contributed by atoms with Crippen molar-refractivity contribution in [3.63, 3.8) is 0 Å². The number of imidazole rings is 1. The largest absolute Gasteiger partial charge is 0.416 e. The molecule has 0 unspecified atom stereocenters. The summed E-state index contributed by atoms with van der Waals surface area (Å²) in [7, 11) is 0. The maximum Gasteiger partial charge on any atom is 0.416 e. The van der Waals surface area contributed by atoms with Crippen molar-refractivity contribution < 1.29 is 18.0 Å². The summed E-state index contributed by atoms with van der Waals surface area (Å²) in [6.07, 6.45) is -2.74. The molecule has 0 aliphatic rings. The maximum absolute atomic E-state index is 13.0. The van der Waals surface area contributed by atoms with Crippen molar-refractivity contribution >= 4 is 22.2 Å². The molecule has 3 rings (SSSR count). The van der Waals surface area contributed by atoms with Crippen LogP contribution in [0.15, 0.2) is 35.8 Å². The summed E-state index contributed by atoms with van der Waals surface area (Å²) < 4.78 is 40.5. The summed E-state index contributed by atoms with van der Waals surface area (Å²) in [6.45, 7) is 1.49.